The van der Waals surface area contributed by atoms with Crippen molar-refractivity contribution >= 4 is 49.7 Å². The van der Waals surface area contributed by atoms with Crippen molar-refractivity contribution < 1.29 is 0 Å². The molecule has 0 saturated heterocycles. The maximum atomic E-state index is 3.66. The van der Waals surface area contributed by atoms with E-state index in [1.54, 1.807) is 0 Å². The molecular formula is C18H18INS. The molecule has 0 amide bonds. The van der Waals surface area contributed by atoms with E-state index in [-0.39, 0.29) is 0 Å². The van der Waals surface area contributed by atoms with Crippen LogP contribution in [0.2, 0.25) is 0 Å². The molecule has 0 saturated carbocycles. The van der Waals surface area contributed by atoms with Gasteiger partial charge in [-0.25, -0.2) is 0 Å². The quantitative estimate of drug-likeness (QED) is 0.503. The Kier molecular flexibility index (Phi) is 4.22. The Balaban J connectivity index is 1.93. The molecule has 1 heterocycles. The van der Waals surface area contributed by atoms with E-state index in [0.29, 0.717) is 6.04 Å². The van der Waals surface area contributed by atoms with Crippen LogP contribution < -0.4 is 5.32 Å². The Morgan fingerprint density at radius 3 is 2.57 bits per heavy atom. The molecule has 108 valence electrons. The Hall–Kier alpha value is -1.07. The zero-order valence-corrected chi connectivity index (χ0v) is 15.4. The van der Waals surface area contributed by atoms with Crippen LogP contribution in [0.25, 0.3) is 10.1 Å². The molecule has 1 aromatic heterocycles. The van der Waals surface area contributed by atoms with Gasteiger partial charge in [-0.3, -0.25) is 0 Å². The fourth-order valence-electron chi connectivity index (χ4n) is 2.69. The third-order valence-corrected chi connectivity index (χ3v) is 5.96. The van der Waals surface area contributed by atoms with Gasteiger partial charge in [-0.1, -0.05) is 18.2 Å². The molecule has 0 bridgehead atoms. The van der Waals surface area contributed by atoms with Crippen molar-refractivity contribution in [1.29, 1.82) is 0 Å². The van der Waals surface area contributed by atoms with E-state index < -0.39 is 0 Å². The lowest BCUT2D eigenvalue weighted by atomic mass is 10.1. The van der Waals surface area contributed by atoms with Gasteiger partial charge in [0.2, 0.25) is 0 Å². The molecule has 1 atom stereocenters. The summed E-state index contributed by atoms with van der Waals surface area (Å²) in [6, 6.07) is 15.5. The van der Waals surface area contributed by atoms with Gasteiger partial charge in [0.1, 0.15) is 0 Å². The van der Waals surface area contributed by atoms with Crippen LogP contribution in [0.5, 0.6) is 0 Å². The highest BCUT2D eigenvalue weighted by Crippen LogP contribution is 2.36. The molecule has 1 N–H and O–H groups in total. The van der Waals surface area contributed by atoms with Gasteiger partial charge >= 0.3 is 0 Å². The second kappa shape index (κ2) is 5.97. The first kappa shape index (κ1) is 14.9. The van der Waals surface area contributed by atoms with Crippen molar-refractivity contribution in [3.8, 4) is 0 Å². The van der Waals surface area contributed by atoms with Crippen LogP contribution in [-0.4, -0.2) is 0 Å². The Labute approximate surface area is 143 Å². The number of benzene rings is 2. The van der Waals surface area contributed by atoms with Gasteiger partial charge in [0.05, 0.1) is 6.04 Å². The van der Waals surface area contributed by atoms with Gasteiger partial charge in [0.25, 0.3) is 0 Å². The van der Waals surface area contributed by atoms with E-state index in [0.717, 1.165) is 0 Å². The summed E-state index contributed by atoms with van der Waals surface area (Å²) in [6.07, 6.45) is 0. The van der Waals surface area contributed by atoms with E-state index in [1.807, 2.05) is 11.3 Å². The van der Waals surface area contributed by atoms with E-state index in [4.69, 9.17) is 0 Å². The number of fused-ring (bicyclic) bond motifs is 1. The molecule has 0 fully saturated rings. The van der Waals surface area contributed by atoms with E-state index >= 15 is 0 Å². The highest BCUT2D eigenvalue weighted by atomic mass is 127. The zero-order chi connectivity index (χ0) is 15.0. The number of nitrogens with one attached hydrogen (secondary N) is 1. The van der Waals surface area contributed by atoms with Crippen molar-refractivity contribution in [2.75, 3.05) is 5.32 Å². The van der Waals surface area contributed by atoms with Crippen molar-refractivity contribution in [2.24, 2.45) is 0 Å². The Bertz CT molecular complexity index is 791. The lowest BCUT2D eigenvalue weighted by Crippen LogP contribution is -2.07. The molecule has 1 unspecified atom stereocenters. The van der Waals surface area contributed by atoms with Gasteiger partial charge in [-0.2, -0.15) is 0 Å². The lowest BCUT2D eigenvalue weighted by molar-refractivity contribution is 0.898. The van der Waals surface area contributed by atoms with Crippen LogP contribution in [0.15, 0.2) is 42.5 Å². The maximum absolute atomic E-state index is 3.66. The van der Waals surface area contributed by atoms with Gasteiger partial charge < -0.3 is 5.32 Å². The molecule has 3 rings (SSSR count). The average Bonchev–Trinajstić information content (AvgIpc) is 2.80. The topological polar surface area (TPSA) is 12.0 Å². The number of rotatable bonds is 3. The number of aryl methyl sites for hydroxylation is 2. The molecule has 2 aromatic carbocycles. The van der Waals surface area contributed by atoms with Gasteiger partial charge in [-0.15, -0.1) is 11.3 Å². The average molecular weight is 407 g/mol. The van der Waals surface area contributed by atoms with Crippen LogP contribution in [0.3, 0.4) is 0 Å². The summed E-state index contributed by atoms with van der Waals surface area (Å²) in [7, 11) is 0. The van der Waals surface area contributed by atoms with Crippen LogP contribution in [-0.2, 0) is 0 Å². The highest BCUT2D eigenvalue weighted by Gasteiger charge is 2.14. The van der Waals surface area contributed by atoms with Gasteiger partial charge in [-0.05, 0) is 84.1 Å². The second-order valence-electron chi connectivity index (χ2n) is 5.41. The molecule has 3 aromatic rings. The second-order valence-corrected chi connectivity index (χ2v) is 7.74. The Morgan fingerprint density at radius 2 is 1.86 bits per heavy atom. The predicted octanol–water partition coefficient (Wildman–Crippen LogP) is 6.30. The maximum Gasteiger partial charge on any atom is 0.0581 e. The number of hydrogen-bond donors (Lipinski definition) is 1. The predicted molar refractivity (Wildman–Crippen MR) is 102 cm³/mol. The number of halogens is 1. The fourth-order valence-corrected chi connectivity index (χ4v) is 4.55. The standard InChI is InChI=1S/C18H18INS/c1-11-10-14(19)8-9-16(11)20-13(3)18-12(2)15-6-4-5-7-17(15)21-18/h4-10,13,20H,1-3H3. The zero-order valence-electron chi connectivity index (χ0n) is 12.4. The van der Waals surface area contributed by atoms with Gasteiger partial charge in [0, 0.05) is 18.8 Å². The molecule has 0 spiro atoms. The molecule has 21 heavy (non-hydrogen) atoms. The monoisotopic (exact) mass is 407 g/mol. The van der Waals surface area contributed by atoms with E-state index in [1.165, 1.54) is 35.3 Å². The number of hydrogen-bond acceptors (Lipinski definition) is 2. The molecule has 1 nitrogen and oxygen atoms in total. The van der Waals surface area contributed by atoms with E-state index in [9.17, 15) is 0 Å². The van der Waals surface area contributed by atoms with Crippen LogP contribution >= 0.6 is 33.9 Å². The number of anilines is 1. The minimum absolute atomic E-state index is 0.321. The first-order chi connectivity index (χ1) is 10.1. The number of thiophene rings is 1. The molecule has 3 heteroatoms. The largest absolute Gasteiger partial charge is 0.377 e. The summed E-state index contributed by atoms with van der Waals surface area (Å²) in [5.41, 5.74) is 3.92. The Morgan fingerprint density at radius 1 is 1.10 bits per heavy atom. The van der Waals surface area contributed by atoms with Crippen molar-refractivity contribution in [3.63, 3.8) is 0 Å². The SMILES string of the molecule is Cc1cc(I)ccc1NC(C)c1sc2ccccc2c1C. The van der Waals surface area contributed by atoms with Crippen molar-refractivity contribution in [2.45, 2.75) is 26.8 Å². The lowest BCUT2D eigenvalue weighted by Gasteiger charge is -2.17. The van der Waals surface area contributed by atoms with Crippen molar-refractivity contribution in [3.05, 3.63) is 62.0 Å². The highest BCUT2D eigenvalue weighted by molar-refractivity contribution is 14.1. The first-order valence-electron chi connectivity index (χ1n) is 7.07. The summed E-state index contributed by atoms with van der Waals surface area (Å²) in [5, 5.41) is 5.04. The third-order valence-electron chi connectivity index (χ3n) is 3.83. The minimum Gasteiger partial charge on any atom is -0.377 e. The normalized spacial score (nSPS) is 12.6. The molecule has 0 aliphatic carbocycles. The summed E-state index contributed by atoms with van der Waals surface area (Å²) in [4.78, 5) is 1.43. The smallest absolute Gasteiger partial charge is 0.0581 e. The minimum atomic E-state index is 0.321. The summed E-state index contributed by atoms with van der Waals surface area (Å²) in [6.45, 7) is 6.64. The van der Waals surface area contributed by atoms with Gasteiger partial charge in [0.15, 0.2) is 0 Å². The fraction of sp³-hybridized carbons (Fsp3) is 0.222. The van der Waals surface area contributed by atoms with E-state index in [2.05, 4.69) is 91.1 Å². The van der Waals surface area contributed by atoms with Crippen molar-refractivity contribution in [1.82, 2.24) is 0 Å². The molecular weight excluding hydrogens is 389 g/mol. The summed E-state index contributed by atoms with van der Waals surface area (Å²) in [5.74, 6) is 0. The van der Waals surface area contributed by atoms with Crippen LogP contribution in [0.1, 0.15) is 29.0 Å². The molecule has 0 radical (unpaired) electrons. The van der Waals surface area contributed by atoms with Crippen LogP contribution in [0.4, 0.5) is 5.69 Å². The first-order valence-corrected chi connectivity index (χ1v) is 8.96. The van der Waals surface area contributed by atoms with Crippen LogP contribution in [0, 0.1) is 17.4 Å². The summed E-state index contributed by atoms with van der Waals surface area (Å²) >= 11 is 4.25. The third kappa shape index (κ3) is 2.94. The molecule has 0 aliphatic rings. The summed E-state index contributed by atoms with van der Waals surface area (Å²) < 4.78 is 2.65. The molecule has 0 aliphatic heterocycles.